The first kappa shape index (κ1) is 11.1. The van der Waals surface area contributed by atoms with E-state index in [1.807, 2.05) is 34.6 Å². The molecule has 0 spiro atoms. The molecule has 0 aliphatic heterocycles. The van der Waals surface area contributed by atoms with E-state index in [9.17, 15) is 4.79 Å². The minimum Gasteiger partial charge on any atom is -0.414 e. The Balaban J connectivity index is 4.49. The third kappa shape index (κ3) is 4.88. The van der Waals surface area contributed by atoms with Gasteiger partial charge in [0.05, 0.1) is 5.54 Å². The van der Waals surface area contributed by atoms with E-state index >= 15 is 0 Å². The van der Waals surface area contributed by atoms with Crippen molar-refractivity contribution in [2.24, 2.45) is 10.9 Å². The van der Waals surface area contributed by atoms with Crippen molar-refractivity contribution in [1.29, 1.82) is 0 Å². The third-order valence-corrected chi connectivity index (χ3v) is 1.11. The lowest BCUT2D eigenvalue weighted by Crippen LogP contribution is -2.19. The maximum absolute atomic E-state index is 10.1. The first-order chi connectivity index (χ1) is 5.37. The summed E-state index contributed by atoms with van der Waals surface area (Å²) in [5.74, 6) is 0.645. The fourth-order valence-corrected chi connectivity index (χ4v) is 0.671. The molecule has 0 rings (SSSR count). The van der Waals surface area contributed by atoms with E-state index in [1.165, 1.54) is 0 Å². The summed E-state index contributed by atoms with van der Waals surface area (Å²) in [6.45, 7) is 10.2. The van der Waals surface area contributed by atoms with Crippen LogP contribution >= 0.6 is 0 Å². The van der Waals surface area contributed by atoms with Crippen LogP contribution in [0.5, 0.6) is 0 Å². The molecular formula is C9H17NO2. The van der Waals surface area contributed by atoms with Crippen LogP contribution in [0.25, 0.3) is 0 Å². The molecule has 0 bridgehead atoms. The van der Waals surface area contributed by atoms with Gasteiger partial charge in [0.2, 0.25) is 0 Å². The van der Waals surface area contributed by atoms with E-state index in [-0.39, 0.29) is 11.5 Å². The number of aliphatic imine (C=N–C) groups is 1. The van der Waals surface area contributed by atoms with E-state index in [1.54, 1.807) is 0 Å². The Morgan fingerprint density at radius 1 is 1.42 bits per heavy atom. The Morgan fingerprint density at radius 3 is 2.17 bits per heavy atom. The van der Waals surface area contributed by atoms with Gasteiger partial charge in [-0.2, -0.15) is 0 Å². The third-order valence-electron chi connectivity index (χ3n) is 1.11. The molecule has 0 N–H and O–H groups in total. The number of carbonyl (C=O) groups excluding carboxylic acids is 1. The highest BCUT2D eigenvalue weighted by atomic mass is 16.5. The van der Waals surface area contributed by atoms with Crippen molar-refractivity contribution in [3.8, 4) is 0 Å². The van der Waals surface area contributed by atoms with Gasteiger partial charge in [-0.25, -0.2) is 4.99 Å². The van der Waals surface area contributed by atoms with Crippen molar-refractivity contribution in [2.75, 3.05) is 0 Å². The minimum absolute atomic E-state index is 0.148. The van der Waals surface area contributed by atoms with E-state index in [2.05, 4.69) is 4.99 Å². The van der Waals surface area contributed by atoms with Crippen molar-refractivity contribution < 1.29 is 9.53 Å². The topological polar surface area (TPSA) is 38.7 Å². The van der Waals surface area contributed by atoms with E-state index in [4.69, 9.17) is 4.74 Å². The molecule has 0 heterocycles. The number of nitrogens with zero attached hydrogens (tertiary/aromatic N) is 1. The average Bonchev–Trinajstić information content (AvgIpc) is 1.83. The lowest BCUT2D eigenvalue weighted by atomic mass is 10.1. The molecule has 0 aromatic rings. The van der Waals surface area contributed by atoms with Gasteiger partial charge in [-0.3, -0.25) is 4.79 Å². The Hall–Kier alpha value is -0.860. The zero-order valence-electron chi connectivity index (χ0n) is 8.42. The molecule has 0 aromatic heterocycles. The highest BCUT2D eigenvalue weighted by Gasteiger charge is 2.13. The fourth-order valence-electron chi connectivity index (χ4n) is 0.671. The van der Waals surface area contributed by atoms with Gasteiger partial charge in [0.15, 0.2) is 5.90 Å². The Labute approximate surface area is 73.8 Å². The van der Waals surface area contributed by atoms with Crippen LogP contribution in [0.3, 0.4) is 0 Å². The second-order valence-corrected chi connectivity index (χ2v) is 3.99. The van der Waals surface area contributed by atoms with Crippen LogP contribution in [0, 0.1) is 5.92 Å². The van der Waals surface area contributed by atoms with Crippen LogP contribution in [-0.2, 0) is 9.53 Å². The van der Waals surface area contributed by atoms with Gasteiger partial charge in [-0.05, 0) is 20.8 Å². The van der Waals surface area contributed by atoms with Crippen LogP contribution in [0.1, 0.15) is 34.6 Å². The standard InChI is InChI=1S/C9H17NO2/c1-7(2)8(12-6-11)10-9(3,4)5/h6-7H,1-5H3. The smallest absolute Gasteiger partial charge is 0.299 e. The molecule has 0 aliphatic carbocycles. The first-order valence-electron chi connectivity index (χ1n) is 4.07. The highest BCUT2D eigenvalue weighted by molar-refractivity contribution is 5.83. The van der Waals surface area contributed by atoms with Crippen LogP contribution < -0.4 is 0 Å². The largest absolute Gasteiger partial charge is 0.414 e. The lowest BCUT2D eigenvalue weighted by Gasteiger charge is -2.16. The minimum atomic E-state index is -0.192. The summed E-state index contributed by atoms with van der Waals surface area (Å²) in [5.41, 5.74) is -0.192. The first-order valence-corrected chi connectivity index (χ1v) is 4.07. The van der Waals surface area contributed by atoms with Crippen LogP contribution in [0.2, 0.25) is 0 Å². The number of ether oxygens (including phenoxy) is 1. The Bertz CT molecular complexity index is 177. The van der Waals surface area contributed by atoms with Gasteiger partial charge >= 0.3 is 0 Å². The molecule has 3 heteroatoms. The van der Waals surface area contributed by atoms with E-state index in [0.717, 1.165) is 0 Å². The van der Waals surface area contributed by atoms with Crippen molar-refractivity contribution in [1.82, 2.24) is 0 Å². The molecule has 0 saturated heterocycles. The average molecular weight is 171 g/mol. The van der Waals surface area contributed by atoms with Crippen LogP contribution in [0.4, 0.5) is 0 Å². The maximum Gasteiger partial charge on any atom is 0.299 e. The second kappa shape index (κ2) is 4.24. The molecule has 3 nitrogen and oxygen atoms in total. The lowest BCUT2D eigenvalue weighted by molar-refractivity contribution is -0.122. The summed E-state index contributed by atoms with van der Waals surface area (Å²) in [6, 6.07) is 0. The monoisotopic (exact) mass is 171 g/mol. The van der Waals surface area contributed by atoms with Gasteiger partial charge < -0.3 is 4.74 Å². The van der Waals surface area contributed by atoms with Gasteiger partial charge in [0.1, 0.15) is 0 Å². The molecule has 0 unspecified atom stereocenters. The van der Waals surface area contributed by atoms with Crippen LogP contribution in [-0.4, -0.2) is 17.9 Å². The summed E-state index contributed by atoms with van der Waals surface area (Å²) in [4.78, 5) is 14.4. The second-order valence-electron chi connectivity index (χ2n) is 3.99. The van der Waals surface area contributed by atoms with E-state index in [0.29, 0.717) is 12.4 Å². The fraction of sp³-hybridized carbons (Fsp3) is 0.778. The number of rotatable bonds is 2. The quantitative estimate of drug-likeness (QED) is 0.362. The maximum atomic E-state index is 10.1. The predicted octanol–water partition coefficient (Wildman–Crippen LogP) is 2.01. The highest BCUT2D eigenvalue weighted by Crippen LogP contribution is 2.10. The molecule has 0 fully saturated rings. The Kier molecular flexibility index (Phi) is 3.93. The van der Waals surface area contributed by atoms with Gasteiger partial charge in [-0.15, -0.1) is 0 Å². The van der Waals surface area contributed by atoms with E-state index < -0.39 is 0 Å². The van der Waals surface area contributed by atoms with Gasteiger partial charge in [0, 0.05) is 5.92 Å². The zero-order chi connectivity index (χ0) is 9.78. The zero-order valence-corrected chi connectivity index (χ0v) is 8.42. The predicted molar refractivity (Wildman–Crippen MR) is 49.2 cm³/mol. The summed E-state index contributed by atoms with van der Waals surface area (Å²) in [6.07, 6.45) is 0. The van der Waals surface area contributed by atoms with Crippen LogP contribution in [0.15, 0.2) is 4.99 Å². The summed E-state index contributed by atoms with van der Waals surface area (Å²) in [7, 11) is 0. The molecule has 12 heavy (non-hydrogen) atoms. The molecular weight excluding hydrogens is 154 g/mol. The summed E-state index contributed by atoms with van der Waals surface area (Å²) >= 11 is 0. The number of hydrogen-bond acceptors (Lipinski definition) is 3. The SMILES string of the molecule is CC(C)C(=NC(C)(C)C)OC=O. The summed E-state index contributed by atoms with van der Waals surface area (Å²) in [5, 5.41) is 0. The van der Waals surface area contributed by atoms with Crippen molar-refractivity contribution in [3.05, 3.63) is 0 Å². The molecule has 0 aliphatic rings. The molecule has 0 atom stereocenters. The Morgan fingerprint density at radius 2 is 1.92 bits per heavy atom. The van der Waals surface area contributed by atoms with Crippen molar-refractivity contribution in [2.45, 2.75) is 40.2 Å². The molecule has 70 valence electrons. The number of carbonyl (C=O) groups is 1. The van der Waals surface area contributed by atoms with Gasteiger partial charge in [0.25, 0.3) is 6.47 Å². The molecule has 0 amide bonds. The normalized spacial score (nSPS) is 13.3. The summed E-state index contributed by atoms with van der Waals surface area (Å²) < 4.78 is 4.75. The molecule has 0 saturated carbocycles. The van der Waals surface area contributed by atoms with Crippen molar-refractivity contribution in [3.63, 3.8) is 0 Å². The number of hydrogen-bond donors (Lipinski definition) is 0. The van der Waals surface area contributed by atoms with Gasteiger partial charge in [-0.1, -0.05) is 13.8 Å². The van der Waals surface area contributed by atoms with Crippen molar-refractivity contribution >= 4 is 12.4 Å². The molecule has 0 aromatic carbocycles. The molecule has 0 radical (unpaired) electrons.